The van der Waals surface area contributed by atoms with Crippen molar-refractivity contribution in [3.63, 3.8) is 0 Å². The van der Waals surface area contributed by atoms with E-state index in [0.29, 0.717) is 59.2 Å². The number of methoxy groups -OCH3 is 2. The number of aromatic nitrogens is 2. The summed E-state index contributed by atoms with van der Waals surface area (Å²) in [4.78, 5) is 9.31. The Morgan fingerprint density at radius 2 is 1.50 bits per heavy atom. The number of nitrogens with one attached hydrogen (secondary N) is 2. The highest BCUT2D eigenvalue weighted by Crippen LogP contribution is 2.42. The van der Waals surface area contributed by atoms with Crippen LogP contribution in [0.25, 0.3) is 33.6 Å². The molecule has 4 N–H and O–H groups in total. The summed E-state index contributed by atoms with van der Waals surface area (Å²) < 4.78 is 11.1. The molecule has 0 spiro atoms. The molecule has 0 amide bonds. The zero-order valence-corrected chi connectivity index (χ0v) is 25.6. The van der Waals surface area contributed by atoms with Crippen LogP contribution in [0.4, 0.5) is 0 Å². The van der Waals surface area contributed by atoms with Gasteiger partial charge in [-0.25, -0.2) is 4.98 Å². The third kappa shape index (κ3) is 7.77. The zero-order chi connectivity index (χ0) is 30.2. The molecule has 0 aliphatic rings. The third-order valence-electron chi connectivity index (χ3n) is 6.59. The van der Waals surface area contributed by atoms with Crippen LogP contribution < -0.4 is 20.1 Å². The van der Waals surface area contributed by atoms with E-state index in [1.807, 2.05) is 54.6 Å². The van der Waals surface area contributed by atoms with Crippen molar-refractivity contribution in [2.24, 2.45) is 0 Å². The van der Waals surface area contributed by atoms with Crippen molar-refractivity contribution in [2.45, 2.75) is 39.1 Å². The third-order valence-corrected chi connectivity index (χ3v) is 7.38. The van der Waals surface area contributed by atoms with Crippen LogP contribution in [-0.2, 0) is 13.1 Å². The first-order chi connectivity index (χ1) is 20.2. The summed E-state index contributed by atoms with van der Waals surface area (Å²) >= 11 is 14.0. The molecule has 0 radical (unpaired) electrons. The normalized spacial score (nSPS) is 12.7. The maximum absolute atomic E-state index is 9.59. The quantitative estimate of drug-likeness (QED) is 0.152. The molecule has 0 fully saturated rings. The van der Waals surface area contributed by atoms with Gasteiger partial charge in [-0.3, -0.25) is 4.98 Å². The van der Waals surface area contributed by atoms with Gasteiger partial charge in [0.2, 0.25) is 5.88 Å². The lowest BCUT2D eigenvalue weighted by molar-refractivity contribution is 0.190. The van der Waals surface area contributed by atoms with Crippen molar-refractivity contribution in [1.82, 2.24) is 20.6 Å². The van der Waals surface area contributed by atoms with Gasteiger partial charge in [-0.1, -0.05) is 47.5 Å². The fourth-order valence-corrected chi connectivity index (χ4v) is 5.23. The van der Waals surface area contributed by atoms with E-state index in [4.69, 9.17) is 37.7 Å². The molecule has 8 nitrogen and oxygen atoms in total. The lowest BCUT2D eigenvalue weighted by atomic mass is 9.99. The van der Waals surface area contributed by atoms with Crippen molar-refractivity contribution in [1.29, 1.82) is 0 Å². The van der Waals surface area contributed by atoms with Crippen molar-refractivity contribution in [3.05, 3.63) is 82.0 Å². The Morgan fingerprint density at radius 3 is 2.19 bits per heavy atom. The number of benzene rings is 2. The van der Waals surface area contributed by atoms with Crippen LogP contribution in [0.3, 0.4) is 0 Å². The highest BCUT2D eigenvalue weighted by molar-refractivity contribution is 6.39. The van der Waals surface area contributed by atoms with E-state index in [2.05, 4.69) is 15.6 Å². The zero-order valence-electron chi connectivity index (χ0n) is 24.1. The molecule has 4 aromatic rings. The van der Waals surface area contributed by atoms with E-state index in [9.17, 15) is 10.2 Å². The SMILES string of the molecule is COc1cc(CNC[C@H](C)O)cc(-c2nccc(-c3cccc(-c4ccc(CNC[C@H](C)O)c(OC)n4)c3Cl)c2Cl)c1. The van der Waals surface area contributed by atoms with Gasteiger partial charge in [-0.05, 0) is 49.7 Å². The highest BCUT2D eigenvalue weighted by Gasteiger charge is 2.18. The number of aliphatic hydroxyl groups is 2. The molecule has 2 atom stereocenters. The number of aliphatic hydroxyl groups excluding tert-OH is 2. The van der Waals surface area contributed by atoms with Gasteiger partial charge < -0.3 is 30.3 Å². The molecule has 222 valence electrons. The number of hydrogen-bond acceptors (Lipinski definition) is 8. The van der Waals surface area contributed by atoms with Gasteiger partial charge >= 0.3 is 0 Å². The van der Waals surface area contributed by atoms with Gasteiger partial charge in [-0.15, -0.1) is 0 Å². The number of halogens is 2. The minimum absolute atomic E-state index is 0.449. The minimum atomic E-state index is -0.450. The fourth-order valence-electron chi connectivity index (χ4n) is 4.58. The second-order valence-electron chi connectivity index (χ2n) is 10.1. The molecule has 0 bridgehead atoms. The molecule has 4 rings (SSSR count). The second kappa shape index (κ2) is 14.8. The Hall–Kier alpha value is -3.24. The fraction of sp³-hybridized carbons (Fsp3) is 0.312. The van der Waals surface area contributed by atoms with E-state index in [1.165, 1.54) is 0 Å². The molecule has 0 saturated heterocycles. The summed E-state index contributed by atoms with van der Waals surface area (Å²) in [5, 5.41) is 26.5. The molecule has 2 heterocycles. The van der Waals surface area contributed by atoms with Crippen LogP contribution in [0, 0.1) is 0 Å². The van der Waals surface area contributed by atoms with E-state index >= 15 is 0 Å². The van der Waals surface area contributed by atoms with E-state index in [-0.39, 0.29) is 0 Å². The maximum Gasteiger partial charge on any atom is 0.218 e. The number of nitrogens with zero attached hydrogens (tertiary/aromatic N) is 2. The van der Waals surface area contributed by atoms with Crippen LogP contribution >= 0.6 is 23.2 Å². The van der Waals surface area contributed by atoms with Crippen LogP contribution in [0.15, 0.2) is 60.8 Å². The lowest BCUT2D eigenvalue weighted by Crippen LogP contribution is -2.24. The molecular weight excluding hydrogens is 575 g/mol. The van der Waals surface area contributed by atoms with Crippen molar-refractivity contribution in [3.8, 4) is 45.3 Å². The predicted octanol–water partition coefficient (Wildman–Crippen LogP) is 5.74. The number of pyridine rings is 2. The largest absolute Gasteiger partial charge is 0.497 e. The van der Waals surface area contributed by atoms with Gasteiger partial charge in [0.1, 0.15) is 5.75 Å². The van der Waals surface area contributed by atoms with Gasteiger partial charge in [0.15, 0.2) is 0 Å². The Bertz CT molecular complexity index is 1510. The molecule has 0 aliphatic heterocycles. The molecule has 0 saturated carbocycles. The van der Waals surface area contributed by atoms with Gasteiger partial charge in [0.05, 0.1) is 47.9 Å². The smallest absolute Gasteiger partial charge is 0.218 e. The molecule has 10 heteroatoms. The van der Waals surface area contributed by atoms with E-state index in [0.717, 1.165) is 33.4 Å². The molecular formula is C32H36Cl2N4O4. The topological polar surface area (TPSA) is 109 Å². The number of ether oxygens (including phenoxy) is 2. The molecule has 0 aliphatic carbocycles. The van der Waals surface area contributed by atoms with Gasteiger partial charge in [-0.2, -0.15) is 0 Å². The van der Waals surface area contributed by atoms with E-state index < -0.39 is 12.2 Å². The number of rotatable bonds is 13. The minimum Gasteiger partial charge on any atom is -0.497 e. The molecule has 2 aromatic carbocycles. The molecule has 42 heavy (non-hydrogen) atoms. The van der Waals surface area contributed by atoms with Crippen LogP contribution in [-0.4, -0.2) is 59.7 Å². The van der Waals surface area contributed by atoms with Gasteiger partial charge in [0, 0.05) is 60.2 Å². The monoisotopic (exact) mass is 610 g/mol. The second-order valence-corrected chi connectivity index (χ2v) is 10.8. The summed E-state index contributed by atoms with van der Waals surface area (Å²) in [6, 6.07) is 17.2. The van der Waals surface area contributed by atoms with Crippen LogP contribution in [0.1, 0.15) is 25.0 Å². The van der Waals surface area contributed by atoms with Crippen molar-refractivity contribution < 1.29 is 19.7 Å². The molecule has 0 unspecified atom stereocenters. The maximum atomic E-state index is 9.59. The Morgan fingerprint density at radius 1 is 0.810 bits per heavy atom. The van der Waals surface area contributed by atoms with Crippen molar-refractivity contribution >= 4 is 23.2 Å². The summed E-state index contributed by atoms with van der Waals surface area (Å²) in [5.74, 6) is 1.15. The summed E-state index contributed by atoms with van der Waals surface area (Å²) in [5.41, 5.74) is 6.11. The standard InChI is InChI=1S/C32H36Cl2N4O4/c1-19(39)15-35-17-21-12-23(14-24(13-21)41-3)31-30(34)26(10-11-37-31)25-6-5-7-27(29(25)33)28-9-8-22(32(38-28)42-4)18-36-16-20(2)40/h5-14,19-20,35-36,39-40H,15-18H2,1-4H3/t19-,20-/m0/s1. The van der Waals surface area contributed by atoms with Gasteiger partial charge in [0.25, 0.3) is 0 Å². The van der Waals surface area contributed by atoms with E-state index in [1.54, 1.807) is 34.3 Å². The summed E-state index contributed by atoms with van der Waals surface area (Å²) in [7, 11) is 3.19. The Labute approximate surface area is 256 Å². The predicted molar refractivity (Wildman–Crippen MR) is 168 cm³/mol. The number of hydrogen-bond donors (Lipinski definition) is 4. The van der Waals surface area contributed by atoms with Crippen LogP contribution in [0.2, 0.25) is 10.0 Å². The molecule has 2 aromatic heterocycles. The lowest BCUT2D eigenvalue weighted by Gasteiger charge is -2.15. The first kappa shape index (κ1) is 31.7. The Kier molecular flexibility index (Phi) is 11.2. The first-order valence-corrected chi connectivity index (χ1v) is 14.4. The Balaban J connectivity index is 1.69. The average molecular weight is 612 g/mol. The summed E-state index contributed by atoms with van der Waals surface area (Å²) in [6.07, 6.45) is 0.810. The first-order valence-electron chi connectivity index (χ1n) is 13.6. The highest BCUT2D eigenvalue weighted by atomic mass is 35.5. The average Bonchev–Trinajstić information content (AvgIpc) is 2.97. The van der Waals surface area contributed by atoms with Crippen molar-refractivity contribution in [2.75, 3.05) is 27.3 Å². The van der Waals surface area contributed by atoms with Crippen LogP contribution in [0.5, 0.6) is 11.6 Å². The summed E-state index contributed by atoms with van der Waals surface area (Å²) in [6.45, 7) is 5.45.